The molecule has 2 aromatic heterocycles. The Bertz CT molecular complexity index is 872. The highest BCUT2D eigenvalue weighted by Gasteiger charge is 2.30. The molecule has 0 aromatic carbocycles. The third-order valence-electron chi connectivity index (χ3n) is 4.19. The van der Waals surface area contributed by atoms with Crippen molar-refractivity contribution in [2.45, 2.75) is 0 Å². The number of anilines is 1. The van der Waals surface area contributed by atoms with Gasteiger partial charge < -0.3 is 10.2 Å². The van der Waals surface area contributed by atoms with Crippen molar-refractivity contribution in [2.24, 2.45) is 0 Å². The highest BCUT2D eigenvalue weighted by atomic mass is 16.6. The van der Waals surface area contributed by atoms with Crippen LogP contribution in [0.3, 0.4) is 0 Å². The first kappa shape index (κ1) is 16.8. The van der Waals surface area contributed by atoms with E-state index in [1.54, 1.807) is 30.1 Å². The van der Waals surface area contributed by atoms with Gasteiger partial charge in [0.05, 0.1) is 11.5 Å². The lowest BCUT2D eigenvalue weighted by Crippen LogP contribution is -2.49. The monoisotopic (exact) mass is 346 g/mol. The smallest absolute Gasteiger partial charge is 0.358 e. The van der Waals surface area contributed by atoms with Crippen LogP contribution in [0.4, 0.5) is 11.5 Å². The SMILES string of the molecule is CNC(=O)CN1CCN(c2nc3ccccn3c(=O)c2[N+](=O)[O-])CC1. The molecule has 3 heterocycles. The number of likely N-dealkylation sites (N-methyl/N-ethyl adjacent to an activating group) is 1. The number of rotatable bonds is 4. The Labute approximate surface area is 142 Å². The average molecular weight is 346 g/mol. The van der Waals surface area contributed by atoms with Crippen molar-refractivity contribution < 1.29 is 9.72 Å². The molecular weight excluding hydrogens is 328 g/mol. The molecule has 1 amide bonds. The Morgan fingerprint density at radius 1 is 1.32 bits per heavy atom. The van der Waals surface area contributed by atoms with Crippen molar-refractivity contribution in [1.29, 1.82) is 0 Å². The lowest BCUT2D eigenvalue weighted by Gasteiger charge is -2.34. The molecule has 132 valence electrons. The zero-order valence-electron chi connectivity index (χ0n) is 13.7. The van der Waals surface area contributed by atoms with Crippen LogP contribution in [0, 0.1) is 10.1 Å². The van der Waals surface area contributed by atoms with E-state index in [-0.39, 0.29) is 18.3 Å². The first-order chi connectivity index (χ1) is 12.0. The molecule has 1 N–H and O–H groups in total. The number of hydrogen-bond acceptors (Lipinski definition) is 7. The predicted molar refractivity (Wildman–Crippen MR) is 90.8 cm³/mol. The molecule has 0 saturated carbocycles. The van der Waals surface area contributed by atoms with E-state index in [0.717, 1.165) is 0 Å². The molecule has 0 aliphatic carbocycles. The predicted octanol–water partition coefficient (Wildman–Crippen LogP) is -0.529. The van der Waals surface area contributed by atoms with Gasteiger partial charge in [0, 0.05) is 39.4 Å². The van der Waals surface area contributed by atoms with E-state index in [2.05, 4.69) is 10.3 Å². The minimum Gasteiger partial charge on any atom is -0.358 e. The van der Waals surface area contributed by atoms with Gasteiger partial charge in [0.15, 0.2) is 0 Å². The largest absolute Gasteiger partial charge is 0.376 e. The summed E-state index contributed by atoms with van der Waals surface area (Å²) in [5.41, 5.74) is -0.859. The fourth-order valence-corrected chi connectivity index (χ4v) is 2.85. The van der Waals surface area contributed by atoms with Crippen molar-refractivity contribution in [1.82, 2.24) is 19.6 Å². The second-order valence-electron chi connectivity index (χ2n) is 5.71. The van der Waals surface area contributed by atoms with Crippen LogP contribution in [0.5, 0.6) is 0 Å². The Kier molecular flexibility index (Phi) is 4.61. The van der Waals surface area contributed by atoms with E-state index in [4.69, 9.17) is 0 Å². The van der Waals surface area contributed by atoms with Gasteiger partial charge in [0.25, 0.3) is 0 Å². The minimum absolute atomic E-state index is 0.0819. The lowest BCUT2D eigenvalue weighted by atomic mass is 10.3. The number of amides is 1. The summed E-state index contributed by atoms with van der Waals surface area (Å²) in [6, 6.07) is 4.98. The first-order valence-corrected chi connectivity index (χ1v) is 7.85. The normalized spacial score (nSPS) is 15.3. The van der Waals surface area contributed by atoms with Gasteiger partial charge in [-0.1, -0.05) is 6.07 Å². The van der Waals surface area contributed by atoms with E-state index < -0.39 is 16.2 Å². The van der Waals surface area contributed by atoms with Gasteiger partial charge >= 0.3 is 11.2 Å². The first-order valence-electron chi connectivity index (χ1n) is 7.85. The number of piperazine rings is 1. The molecule has 1 fully saturated rings. The highest BCUT2D eigenvalue weighted by molar-refractivity contribution is 5.77. The van der Waals surface area contributed by atoms with Crippen LogP contribution in [-0.2, 0) is 4.79 Å². The van der Waals surface area contributed by atoms with E-state index in [0.29, 0.717) is 31.8 Å². The van der Waals surface area contributed by atoms with Crippen LogP contribution < -0.4 is 15.8 Å². The van der Waals surface area contributed by atoms with Crippen LogP contribution in [0.1, 0.15) is 0 Å². The second kappa shape index (κ2) is 6.85. The van der Waals surface area contributed by atoms with Gasteiger partial charge in [-0.25, -0.2) is 4.98 Å². The zero-order chi connectivity index (χ0) is 18.0. The van der Waals surface area contributed by atoms with Crippen LogP contribution >= 0.6 is 0 Å². The summed E-state index contributed by atoms with van der Waals surface area (Å²) in [7, 11) is 1.58. The maximum absolute atomic E-state index is 12.5. The molecule has 0 spiro atoms. The van der Waals surface area contributed by atoms with E-state index in [9.17, 15) is 19.7 Å². The van der Waals surface area contributed by atoms with Gasteiger partial charge in [-0.2, -0.15) is 0 Å². The van der Waals surface area contributed by atoms with Crippen LogP contribution in [-0.4, -0.2) is 64.9 Å². The fraction of sp³-hybridized carbons (Fsp3) is 0.400. The zero-order valence-corrected chi connectivity index (χ0v) is 13.7. The molecular formula is C15H18N6O4. The van der Waals surface area contributed by atoms with Crippen LogP contribution in [0.15, 0.2) is 29.2 Å². The molecule has 0 radical (unpaired) electrons. The molecule has 0 unspecified atom stereocenters. The molecule has 1 saturated heterocycles. The number of nitro groups is 1. The Balaban J connectivity index is 1.91. The molecule has 0 bridgehead atoms. The summed E-state index contributed by atoms with van der Waals surface area (Å²) < 4.78 is 1.17. The minimum atomic E-state index is -0.696. The molecule has 1 aliphatic heterocycles. The summed E-state index contributed by atoms with van der Waals surface area (Å²) in [5, 5.41) is 14.0. The number of pyridine rings is 1. The standard InChI is InChI=1S/C15H18N6O4/c1-16-12(22)10-18-6-8-19(9-7-18)14-13(21(24)25)15(23)20-5-3-2-4-11(20)17-14/h2-5H,6-10H2,1H3,(H,16,22). The van der Waals surface area contributed by atoms with Crippen molar-refractivity contribution in [2.75, 3.05) is 44.7 Å². The lowest BCUT2D eigenvalue weighted by molar-refractivity contribution is -0.385. The number of fused-ring (bicyclic) bond motifs is 1. The summed E-state index contributed by atoms with van der Waals surface area (Å²) in [6.07, 6.45) is 1.46. The second-order valence-corrected chi connectivity index (χ2v) is 5.71. The van der Waals surface area contributed by atoms with Crippen molar-refractivity contribution >= 4 is 23.1 Å². The molecule has 10 nitrogen and oxygen atoms in total. The quantitative estimate of drug-likeness (QED) is 0.585. The molecule has 2 aromatic rings. The topological polar surface area (TPSA) is 113 Å². The molecule has 10 heteroatoms. The Morgan fingerprint density at radius 2 is 2.04 bits per heavy atom. The molecule has 3 rings (SSSR count). The Hall–Kier alpha value is -3.01. The van der Waals surface area contributed by atoms with Crippen molar-refractivity contribution in [3.63, 3.8) is 0 Å². The van der Waals surface area contributed by atoms with Gasteiger partial charge in [-0.15, -0.1) is 0 Å². The van der Waals surface area contributed by atoms with E-state index in [1.807, 2.05) is 4.90 Å². The number of carbonyl (C=O) groups excluding carboxylic acids is 1. The summed E-state index contributed by atoms with van der Waals surface area (Å²) in [5.74, 6) is 0.00213. The highest BCUT2D eigenvalue weighted by Crippen LogP contribution is 2.23. The number of nitrogens with zero attached hydrogens (tertiary/aromatic N) is 5. The van der Waals surface area contributed by atoms with Crippen molar-refractivity contribution in [3.8, 4) is 0 Å². The summed E-state index contributed by atoms with van der Waals surface area (Å²) in [6.45, 7) is 2.29. The van der Waals surface area contributed by atoms with Gasteiger partial charge in [0.1, 0.15) is 5.65 Å². The number of hydrogen-bond donors (Lipinski definition) is 1. The Morgan fingerprint density at radius 3 is 2.68 bits per heavy atom. The molecule has 1 aliphatic rings. The maximum atomic E-state index is 12.5. The fourth-order valence-electron chi connectivity index (χ4n) is 2.85. The molecule has 25 heavy (non-hydrogen) atoms. The number of aromatic nitrogens is 2. The number of carbonyl (C=O) groups is 1. The average Bonchev–Trinajstić information content (AvgIpc) is 2.61. The third-order valence-corrected chi connectivity index (χ3v) is 4.19. The van der Waals surface area contributed by atoms with E-state index >= 15 is 0 Å². The van der Waals surface area contributed by atoms with E-state index in [1.165, 1.54) is 10.6 Å². The molecule has 0 atom stereocenters. The maximum Gasteiger partial charge on any atom is 0.376 e. The van der Waals surface area contributed by atoms with Gasteiger partial charge in [0.2, 0.25) is 11.7 Å². The summed E-state index contributed by atoms with van der Waals surface area (Å²) >= 11 is 0. The van der Waals surface area contributed by atoms with Crippen LogP contribution in [0.25, 0.3) is 5.65 Å². The van der Waals surface area contributed by atoms with Gasteiger partial charge in [-0.3, -0.25) is 29.0 Å². The van der Waals surface area contributed by atoms with Crippen LogP contribution in [0.2, 0.25) is 0 Å². The van der Waals surface area contributed by atoms with Gasteiger partial charge in [-0.05, 0) is 12.1 Å². The number of nitrogens with one attached hydrogen (secondary N) is 1. The third kappa shape index (κ3) is 3.29. The summed E-state index contributed by atoms with van der Waals surface area (Å²) in [4.78, 5) is 42.7. The van der Waals surface area contributed by atoms with Crippen molar-refractivity contribution in [3.05, 3.63) is 44.9 Å².